The zero-order chi connectivity index (χ0) is 14.1. The van der Waals surface area contributed by atoms with E-state index in [0.29, 0.717) is 12.1 Å². The first-order chi connectivity index (χ1) is 8.13. The van der Waals surface area contributed by atoms with Crippen LogP contribution in [0.2, 0.25) is 0 Å². The number of primary amides is 1. The lowest BCUT2D eigenvalue weighted by atomic mass is 9.63. The fourth-order valence-electron chi connectivity index (χ4n) is 2.84. The largest absolute Gasteiger partial charge is 0.481 e. The van der Waals surface area contributed by atoms with Crippen LogP contribution in [0.4, 0.5) is 4.79 Å². The third kappa shape index (κ3) is 2.19. The van der Waals surface area contributed by atoms with Crippen LogP contribution in [0.15, 0.2) is 5.10 Å². The molecule has 2 amide bonds. The molecule has 0 aromatic rings. The lowest BCUT2D eigenvalue weighted by molar-refractivity contribution is -0.145. The smallest absolute Gasteiger partial charge is 0.332 e. The maximum atomic E-state index is 11.3. The molecule has 0 saturated heterocycles. The normalized spacial score (nSPS) is 31.1. The fraction of sp³-hybridized carbons (Fsp3) is 0.750. The molecule has 0 aromatic carbocycles. The lowest BCUT2D eigenvalue weighted by Gasteiger charge is -2.40. The van der Waals surface area contributed by atoms with Gasteiger partial charge in [0, 0.05) is 11.1 Å². The van der Waals surface area contributed by atoms with Gasteiger partial charge in [0.2, 0.25) is 0 Å². The highest BCUT2D eigenvalue weighted by Crippen LogP contribution is 2.56. The van der Waals surface area contributed by atoms with E-state index in [-0.39, 0.29) is 5.41 Å². The van der Waals surface area contributed by atoms with Crippen molar-refractivity contribution in [2.24, 2.45) is 27.6 Å². The van der Waals surface area contributed by atoms with Crippen LogP contribution in [0.5, 0.6) is 0 Å². The third-order valence-corrected chi connectivity index (χ3v) is 4.66. The number of hydrazone groups is 1. The number of urea groups is 1. The molecule has 0 aromatic heterocycles. The van der Waals surface area contributed by atoms with Crippen molar-refractivity contribution >= 4 is 17.7 Å². The van der Waals surface area contributed by atoms with Crippen molar-refractivity contribution < 1.29 is 14.7 Å². The first-order valence-electron chi connectivity index (χ1n) is 5.96. The van der Waals surface area contributed by atoms with Crippen molar-refractivity contribution in [3.8, 4) is 0 Å². The molecule has 1 fully saturated rings. The zero-order valence-corrected chi connectivity index (χ0v) is 11.3. The zero-order valence-electron chi connectivity index (χ0n) is 11.3. The summed E-state index contributed by atoms with van der Waals surface area (Å²) in [5.41, 5.74) is 7.10. The van der Waals surface area contributed by atoms with E-state index in [9.17, 15) is 14.7 Å². The van der Waals surface area contributed by atoms with E-state index >= 15 is 0 Å². The van der Waals surface area contributed by atoms with E-state index in [1.54, 1.807) is 6.92 Å². The van der Waals surface area contributed by atoms with E-state index in [0.717, 1.165) is 6.42 Å². The van der Waals surface area contributed by atoms with Crippen molar-refractivity contribution in [1.29, 1.82) is 0 Å². The maximum absolute atomic E-state index is 11.3. The van der Waals surface area contributed by atoms with Crippen LogP contribution < -0.4 is 11.2 Å². The number of rotatable bonds is 3. The number of carbonyl (C=O) groups is 2. The van der Waals surface area contributed by atoms with E-state index in [1.165, 1.54) is 0 Å². The number of carboxylic acid groups (broad SMARTS) is 1. The molecule has 18 heavy (non-hydrogen) atoms. The van der Waals surface area contributed by atoms with Gasteiger partial charge in [-0.1, -0.05) is 20.8 Å². The molecule has 0 bridgehead atoms. The molecule has 0 heterocycles. The SMILES string of the molecule is C/C(=N\NC(N)=O)[C@@]1(C)CC[C@@H](C(=O)O)C1(C)C. The van der Waals surface area contributed by atoms with Crippen molar-refractivity contribution in [2.45, 2.75) is 40.5 Å². The standard InChI is InChI=1S/C12H21N3O3/c1-7(14-15-10(13)18)12(4)6-5-8(9(16)17)11(12,2)3/h8H,5-6H2,1-4H3,(H,16,17)(H3,13,15,18)/b14-7+/t8-,12+/m0/s1. The van der Waals surface area contributed by atoms with Gasteiger partial charge in [0.25, 0.3) is 0 Å². The molecule has 0 radical (unpaired) electrons. The summed E-state index contributed by atoms with van der Waals surface area (Å²) in [5, 5.41) is 13.2. The topological polar surface area (TPSA) is 105 Å². The summed E-state index contributed by atoms with van der Waals surface area (Å²) in [6.07, 6.45) is 1.34. The summed E-state index contributed by atoms with van der Waals surface area (Å²) >= 11 is 0. The van der Waals surface area contributed by atoms with Crippen LogP contribution in [-0.4, -0.2) is 22.8 Å². The van der Waals surface area contributed by atoms with Gasteiger partial charge >= 0.3 is 12.0 Å². The molecule has 0 aliphatic heterocycles. The Balaban J connectivity index is 3.04. The van der Waals surface area contributed by atoms with Gasteiger partial charge in [-0.25, -0.2) is 10.2 Å². The highest BCUT2D eigenvalue weighted by Gasteiger charge is 2.55. The molecular weight excluding hydrogens is 234 g/mol. The molecule has 6 nitrogen and oxygen atoms in total. The molecule has 1 aliphatic carbocycles. The molecule has 102 valence electrons. The minimum atomic E-state index is -0.778. The van der Waals surface area contributed by atoms with E-state index in [1.807, 2.05) is 20.8 Å². The summed E-state index contributed by atoms with van der Waals surface area (Å²) in [6, 6.07) is -0.719. The number of nitrogens with one attached hydrogen (secondary N) is 1. The number of nitrogens with two attached hydrogens (primary N) is 1. The van der Waals surface area contributed by atoms with E-state index in [4.69, 9.17) is 5.73 Å². The van der Waals surface area contributed by atoms with E-state index < -0.39 is 23.3 Å². The summed E-state index contributed by atoms with van der Waals surface area (Å²) in [5.74, 6) is -1.18. The minimum Gasteiger partial charge on any atom is -0.481 e. The van der Waals surface area contributed by atoms with Crippen LogP contribution in [0.3, 0.4) is 0 Å². The molecule has 1 aliphatic rings. The molecule has 0 unspecified atom stereocenters. The minimum absolute atomic E-state index is 0.363. The molecule has 0 spiro atoms. The highest BCUT2D eigenvalue weighted by atomic mass is 16.4. The second kappa shape index (κ2) is 4.59. The number of nitrogens with zero attached hydrogens (tertiary/aromatic N) is 1. The first kappa shape index (κ1) is 14.5. The van der Waals surface area contributed by atoms with Crippen LogP contribution in [0, 0.1) is 16.7 Å². The Kier molecular flexibility index (Phi) is 3.69. The van der Waals surface area contributed by atoms with Gasteiger partial charge in [-0.3, -0.25) is 4.79 Å². The number of hydrogen-bond donors (Lipinski definition) is 3. The van der Waals surface area contributed by atoms with Gasteiger partial charge in [0.05, 0.1) is 5.92 Å². The Bertz CT molecular complexity index is 403. The predicted octanol–water partition coefficient (Wildman–Crippen LogP) is 1.56. The fourth-order valence-corrected chi connectivity index (χ4v) is 2.84. The highest BCUT2D eigenvalue weighted by molar-refractivity contribution is 5.91. The summed E-state index contributed by atoms with van der Waals surface area (Å²) < 4.78 is 0. The first-order valence-corrected chi connectivity index (χ1v) is 5.96. The number of aliphatic carboxylic acids is 1. The van der Waals surface area contributed by atoms with Gasteiger partial charge < -0.3 is 10.8 Å². The van der Waals surface area contributed by atoms with Gasteiger partial charge in [0.15, 0.2) is 0 Å². The predicted molar refractivity (Wildman–Crippen MR) is 68.1 cm³/mol. The van der Waals surface area contributed by atoms with Crippen molar-refractivity contribution in [3.63, 3.8) is 0 Å². The van der Waals surface area contributed by atoms with Crippen LogP contribution in [0.1, 0.15) is 40.5 Å². The van der Waals surface area contributed by atoms with Gasteiger partial charge in [0.1, 0.15) is 0 Å². The third-order valence-electron chi connectivity index (χ3n) is 4.66. The van der Waals surface area contributed by atoms with Gasteiger partial charge in [-0.05, 0) is 25.2 Å². The van der Waals surface area contributed by atoms with Crippen molar-refractivity contribution in [2.75, 3.05) is 0 Å². The summed E-state index contributed by atoms with van der Waals surface area (Å²) in [7, 11) is 0. The lowest BCUT2D eigenvalue weighted by Crippen LogP contribution is -2.42. The number of amides is 2. The van der Waals surface area contributed by atoms with Crippen molar-refractivity contribution in [1.82, 2.24) is 5.43 Å². The summed E-state index contributed by atoms with van der Waals surface area (Å²) in [6.45, 7) is 7.64. The number of carbonyl (C=O) groups excluding carboxylic acids is 1. The average Bonchev–Trinajstić information content (AvgIpc) is 2.47. The molecule has 1 rings (SSSR count). The van der Waals surface area contributed by atoms with Crippen LogP contribution in [-0.2, 0) is 4.79 Å². The Hall–Kier alpha value is -1.59. The molecular formula is C12H21N3O3. The average molecular weight is 255 g/mol. The number of carboxylic acids is 1. The Morgan fingerprint density at radius 3 is 2.33 bits per heavy atom. The Morgan fingerprint density at radius 2 is 1.94 bits per heavy atom. The summed E-state index contributed by atoms with van der Waals surface area (Å²) in [4.78, 5) is 21.9. The van der Waals surface area contributed by atoms with Gasteiger partial charge in [-0.15, -0.1) is 0 Å². The monoisotopic (exact) mass is 255 g/mol. The second-order valence-electron chi connectivity index (χ2n) is 5.66. The molecule has 1 saturated carbocycles. The molecule has 6 heteroatoms. The van der Waals surface area contributed by atoms with Crippen LogP contribution in [0.25, 0.3) is 0 Å². The van der Waals surface area contributed by atoms with Crippen molar-refractivity contribution in [3.05, 3.63) is 0 Å². The van der Waals surface area contributed by atoms with Crippen LogP contribution >= 0.6 is 0 Å². The van der Waals surface area contributed by atoms with Gasteiger partial charge in [-0.2, -0.15) is 5.10 Å². The van der Waals surface area contributed by atoms with E-state index in [2.05, 4.69) is 10.5 Å². The molecule has 2 atom stereocenters. The Labute approximate surface area is 107 Å². The second-order valence-corrected chi connectivity index (χ2v) is 5.66. The number of hydrogen-bond acceptors (Lipinski definition) is 3. The Morgan fingerprint density at radius 1 is 1.39 bits per heavy atom. The quantitative estimate of drug-likeness (QED) is 0.526. The molecule has 4 N–H and O–H groups in total. The maximum Gasteiger partial charge on any atom is 0.332 e.